The summed E-state index contributed by atoms with van der Waals surface area (Å²) in [6.07, 6.45) is 12.8. The van der Waals surface area contributed by atoms with Crippen LogP contribution in [0.15, 0.2) is 0 Å². The minimum Gasteiger partial charge on any atom is -0.299 e. The lowest BCUT2D eigenvalue weighted by Crippen LogP contribution is -2.22. The second-order valence-corrected chi connectivity index (χ2v) is 5.15. The molecule has 2 fully saturated rings. The van der Waals surface area contributed by atoms with Gasteiger partial charge in [0.05, 0.1) is 0 Å². The predicted molar refractivity (Wildman–Crippen MR) is 58.2 cm³/mol. The van der Waals surface area contributed by atoms with Crippen molar-refractivity contribution in [3.8, 4) is 0 Å². The first-order chi connectivity index (χ1) is 6.86. The Morgan fingerprint density at radius 3 is 2.36 bits per heavy atom. The normalized spacial score (nSPS) is 30.6. The summed E-state index contributed by atoms with van der Waals surface area (Å²) in [5, 5.41) is 0. The number of hydrogen-bond donors (Lipinski definition) is 0. The molecular formula is C13H22O. The minimum atomic E-state index is 0.451. The van der Waals surface area contributed by atoms with E-state index in [1.165, 1.54) is 51.4 Å². The number of carbonyl (C=O) groups excluding carboxylic acids is 1. The molecule has 0 aromatic carbocycles. The SMILES string of the molecule is O=C1CCCCC1CC1CCCCC1. The minimum absolute atomic E-state index is 0.451. The molecule has 0 saturated heterocycles. The van der Waals surface area contributed by atoms with Crippen molar-refractivity contribution in [2.45, 2.75) is 64.2 Å². The fourth-order valence-electron chi connectivity index (χ4n) is 3.13. The molecule has 0 aromatic heterocycles. The Hall–Kier alpha value is -0.330. The number of rotatable bonds is 2. The van der Waals surface area contributed by atoms with Crippen LogP contribution in [0.2, 0.25) is 0 Å². The largest absolute Gasteiger partial charge is 0.299 e. The van der Waals surface area contributed by atoms with E-state index in [-0.39, 0.29) is 0 Å². The summed E-state index contributed by atoms with van der Waals surface area (Å²) in [5.41, 5.74) is 0. The van der Waals surface area contributed by atoms with Gasteiger partial charge in [-0.15, -0.1) is 0 Å². The number of Topliss-reactive ketones (excluding diaryl/α,β-unsaturated/α-hetero) is 1. The highest BCUT2D eigenvalue weighted by Gasteiger charge is 2.25. The first kappa shape index (κ1) is 10.2. The lowest BCUT2D eigenvalue weighted by Gasteiger charge is -2.27. The van der Waals surface area contributed by atoms with Crippen molar-refractivity contribution < 1.29 is 4.79 Å². The van der Waals surface area contributed by atoms with Crippen LogP contribution in [0.4, 0.5) is 0 Å². The molecule has 0 spiro atoms. The molecule has 0 N–H and O–H groups in total. The molecule has 2 rings (SSSR count). The summed E-state index contributed by atoms with van der Waals surface area (Å²) in [7, 11) is 0. The summed E-state index contributed by atoms with van der Waals surface area (Å²) >= 11 is 0. The van der Waals surface area contributed by atoms with Crippen LogP contribution in [0, 0.1) is 11.8 Å². The fraction of sp³-hybridized carbons (Fsp3) is 0.923. The van der Waals surface area contributed by atoms with Crippen molar-refractivity contribution in [3.05, 3.63) is 0 Å². The van der Waals surface area contributed by atoms with Crippen molar-refractivity contribution in [3.63, 3.8) is 0 Å². The van der Waals surface area contributed by atoms with E-state index in [2.05, 4.69) is 0 Å². The third kappa shape index (κ3) is 2.59. The van der Waals surface area contributed by atoms with Crippen molar-refractivity contribution in [2.24, 2.45) is 11.8 Å². The van der Waals surface area contributed by atoms with Crippen molar-refractivity contribution in [1.82, 2.24) is 0 Å². The van der Waals surface area contributed by atoms with Gasteiger partial charge in [-0.25, -0.2) is 0 Å². The molecule has 1 unspecified atom stereocenters. The van der Waals surface area contributed by atoms with Gasteiger partial charge in [0.2, 0.25) is 0 Å². The predicted octanol–water partition coefficient (Wildman–Crippen LogP) is 3.72. The molecule has 1 nitrogen and oxygen atoms in total. The van der Waals surface area contributed by atoms with Crippen LogP contribution >= 0.6 is 0 Å². The van der Waals surface area contributed by atoms with Gasteiger partial charge in [-0.3, -0.25) is 4.79 Å². The van der Waals surface area contributed by atoms with Gasteiger partial charge in [0, 0.05) is 12.3 Å². The van der Waals surface area contributed by atoms with E-state index in [1.54, 1.807) is 0 Å². The van der Waals surface area contributed by atoms with E-state index >= 15 is 0 Å². The summed E-state index contributed by atoms with van der Waals surface area (Å²) < 4.78 is 0. The Kier molecular flexibility index (Phi) is 3.61. The zero-order valence-electron chi connectivity index (χ0n) is 9.13. The summed E-state index contributed by atoms with van der Waals surface area (Å²) in [6.45, 7) is 0. The van der Waals surface area contributed by atoms with Crippen LogP contribution in [0.25, 0.3) is 0 Å². The van der Waals surface area contributed by atoms with Crippen LogP contribution < -0.4 is 0 Å². The molecule has 2 aliphatic rings. The van der Waals surface area contributed by atoms with E-state index in [0.29, 0.717) is 11.7 Å². The smallest absolute Gasteiger partial charge is 0.135 e. The molecule has 2 saturated carbocycles. The first-order valence-corrected chi connectivity index (χ1v) is 6.39. The van der Waals surface area contributed by atoms with Crippen LogP contribution in [0.3, 0.4) is 0 Å². The Labute approximate surface area is 87.3 Å². The van der Waals surface area contributed by atoms with Crippen LogP contribution in [0.5, 0.6) is 0 Å². The van der Waals surface area contributed by atoms with Crippen molar-refractivity contribution >= 4 is 5.78 Å². The monoisotopic (exact) mass is 194 g/mol. The molecular weight excluding hydrogens is 172 g/mol. The Bertz CT molecular complexity index is 191. The molecule has 0 radical (unpaired) electrons. The van der Waals surface area contributed by atoms with Crippen LogP contribution in [-0.2, 0) is 4.79 Å². The van der Waals surface area contributed by atoms with E-state index in [4.69, 9.17) is 0 Å². The molecule has 0 aromatic rings. The third-order valence-electron chi connectivity index (χ3n) is 4.02. The highest BCUT2D eigenvalue weighted by molar-refractivity contribution is 5.81. The van der Waals surface area contributed by atoms with E-state index in [9.17, 15) is 4.79 Å². The Morgan fingerprint density at radius 1 is 0.929 bits per heavy atom. The maximum atomic E-state index is 11.7. The lowest BCUT2D eigenvalue weighted by molar-refractivity contribution is -0.125. The average Bonchev–Trinajstić information content (AvgIpc) is 2.23. The van der Waals surface area contributed by atoms with Gasteiger partial charge in [-0.2, -0.15) is 0 Å². The fourth-order valence-corrected chi connectivity index (χ4v) is 3.13. The molecule has 2 aliphatic carbocycles. The maximum Gasteiger partial charge on any atom is 0.135 e. The summed E-state index contributed by atoms with van der Waals surface area (Å²) in [6, 6.07) is 0. The molecule has 80 valence electrons. The molecule has 0 amide bonds. The van der Waals surface area contributed by atoms with Gasteiger partial charge in [0.15, 0.2) is 0 Å². The highest BCUT2D eigenvalue weighted by Crippen LogP contribution is 2.33. The third-order valence-corrected chi connectivity index (χ3v) is 4.02. The molecule has 1 atom stereocenters. The van der Waals surface area contributed by atoms with E-state index in [0.717, 1.165) is 18.8 Å². The Balaban J connectivity index is 1.79. The molecule has 14 heavy (non-hydrogen) atoms. The van der Waals surface area contributed by atoms with Gasteiger partial charge in [0.1, 0.15) is 5.78 Å². The number of hydrogen-bond acceptors (Lipinski definition) is 1. The first-order valence-electron chi connectivity index (χ1n) is 6.39. The molecule has 0 aliphatic heterocycles. The highest BCUT2D eigenvalue weighted by atomic mass is 16.1. The maximum absolute atomic E-state index is 11.7. The quantitative estimate of drug-likeness (QED) is 0.655. The van der Waals surface area contributed by atoms with E-state index < -0.39 is 0 Å². The van der Waals surface area contributed by atoms with Gasteiger partial charge in [-0.1, -0.05) is 38.5 Å². The summed E-state index contributed by atoms with van der Waals surface area (Å²) in [5.74, 6) is 1.91. The second kappa shape index (κ2) is 4.95. The molecule has 0 heterocycles. The average molecular weight is 194 g/mol. The zero-order valence-corrected chi connectivity index (χ0v) is 9.13. The topological polar surface area (TPSA) is 17.1 Å². The van der Waals surface area contributed by atoms with Crippen molar-refractivity contribution in [2.75, 3.05) is 0 Å². The second-order valence-electron chi connectivity index (χ2n) is 5.15. The standard InChI is InChI=1S/C13H22O/c14-13-9-5-4-8-12(13)10-11-6-2-1-3-7-11/h11-12H,1-10H2. The Morgan fingerprint density at radius 2 is 1.64 bits per heavy atom. The van der Waals surface area contributed by atoms with Gasteiger partial charge in [0.25, 0.3) is 0 Å². The lowest BCUT2D eigenvalue weighted by atomic mass is 9.77. The van der Waals surface area contributed by atoms with Crippen molar-refractivity contribution in [1.29, 1.82) is 0 Å². The molecule has 0 bridgehead atoms. The van der Waals surface area contributed by atoms with Gasteiger partial charge >= 0.3 is 0 Å². The number of carbonyl (C=O) groups is 1. The van der Waals surface area contributed by atoms with Crippen LogP contribution in [0.1, 0.15) is 64.2 Å². The molecule has 1 heteroatoms. The van der Waals surface area contributed by atoms with E-state index in [1.807, 2.05) is 0 Å². The number of ketones is 1. The summed E-state index contributed by atoms with van der Waals surface area (Å²) in [4.78, 5) is 11.7. The van der Waals surface area contributed by atoms with Gasteiger partial charge in [-0.05, 0) is 25.2 Å². The zero-order chi connectivity index (χ0) is 9.80. The van der Waals surface area contributed by atoms with Gasteiger partial charge < -0.3 is 0 Å². The van der Waals surface area contributed by atoms with Crippen LogP contribution in [-0.4, -0.2) is 5.78 Å².